The Morgan fingerprint density at radius 1 is 1.42 bits per heavy atom. The highest BCUT2D eigenvalue weighted by Crippen LogP contribution is 2.22. The predicted molar refractivity (Wildman–Crippen MR) is 74.2 cm³/mol. The Balaban J connectivity index is 2.13. The number of hydrogen-bond acceptors (Lipinski definition) is 5. The third-order valence-corrected chi connectivity index (χ3v) is 3.64. The summed E-state index contributed by atoms with van der Waals surface area (Å²) in [6, 6.07) is 1.96. The van der Waals surface area contributed by atoms with Gasteiger partial charge in [-0.15, -0.1) is 0 Å². The summed E-state index contributed by atoms with van der Waals surface area (Å²) in [4.78, 5) is 11.1. The largest absolute Gasteiger partial charge is 0.396 e. The molecule has 1 saturated heterocycles. The van der Waals surface area contributed by atoms with Crippen molar-refractivity contribution < 1.29 is 10.2 Å². The minimum atomic E-state index is -0.483. The van der Waals surface area contributed by atoms with Crippen molar-refractivity contribution in [3.05, 3.63) is 17.6 Å². The first-order valence-corrected chi connectivity index (χ1v) is 7.02. The maximum Gasteiger partial charge on any atom is 0.132 e. The summed E-state index contributed by atoms with van der Waals surface area (Å²) in [5.74, 6) is 1.76. The molecule has 0 amide bonds. The summed E-state index contributed by atoms with van der Waals surface area (Å²) in [6.45, 7) is 5.50. The predicted octanol–water partition coefficient (Wildman–Crippen LogP) is 0.917. The number of aryl methyl sites for hydroxylation is 2. The molecular formula is C14H23N3O2. The van der Waals surface area contributed by atoms with Crippen LogP contribution in [0.1, 0.15) is 31.3 Å². The minimum Gasteiger partial charge on any atom is -0.396 e. The molecule has 0 aliphatic carbocycles. The number of piperidine rings is 1. The van der Waals surface area contributed by atoms with Crippen LogP contribution in [-0.2, 0) is 6.42 Å². The molecule has 19 heavy (non-hydrogen) atoms. The van der Waals surface area contributed by atoms with Crippen molar-refractivity contribution in [2.75, 3.05) is 24.6 Å². The van der Waals surface area contributed by atoms with E-state index in [4.69, 9.17) is 0 Å². The van der Waals surface area contributed by atoms with E-state index in [0.717, 1.165) is 43.1 Å². The van der Waals surface area contributed by atoms with Gasteiger partial charge in [0.25, 0.3) is 0 Å². The van der Waals surface area contributed by atoms with Gasteiger partial charge in [0.05, 0.1) is 6.10 Å². The number of aliphatic hydroxyl groups is 2. The number of anilines is 1. The Morgan fingerprint density at radius 2 is 2.21 bits per heavy atom. The second kappa shape index (κ2) is 6.30. The van der Waals surface area contributed by atoms with Crippen molar-refractivity contribution in [1.29, 1.82) is 0 Å². The Kier molecular flexibility index (Phi) is 4.71. The molecule has 0 radical (unpaired) electrons. The molecule has 1 fully saturated rings. The summed E-state index contributed by atoms with van der Waals surface area (Å²) in [6.07, 6.45) is 2.22. The fraction of sp³-hybridized carbons (Fsp3) is 0.714. The van der Waals surface area contributed by atoms with E-state index in [-0.39, 0.29) is 12.5 Å². The first kappa shape index (κ1) is 14.2. The Labute approximate surface area is 114 Å². The maximum absolute atomic E-state index is 10.00. The lowest BCUT2D eigenvalue weighted by Gasteiger charge is -2.36. The van der Waals surface area contributed by atoms with Gasteiger partial charge in [-0.1, -0.05) is 6.92 Å². The van der Waals surface area contributed by atoms with Crippen molar-refractivity contribution in [3.8, 4) is 0 Å². The van der Waals surface area contributed by atoms with Gasteiger partial charge in [0.1, 0.15) is 11.6 Å². The van der Waals surface area contributed by atoms with Gasteiger partial charge >= 0.3 is 0 Å². The molecule has 1 aromatic heterocycles. The molecule has 0 bridgehead atoms. The molecule has 5 nitrogen and oxygen atoms in total. The molecule has 1 aromatic rings. The zero-order valence-electron chi connectivity index (χ0n) is 11.7. The van der Waals surface area contributed by atoms with E-state index < -0.39 is 6.10 Å². The van der Waals surface area contributed by atoms with E-state index in [1.54, 1.807) is 0 Å². The summed E-state index contributed by atoms with van der Waals surface area (Å²) < 4.78 is 0. The lowest BCUT2D eigenvalue weighted by molar-refractivity contribution is 0.0546. The molecule has 2 N–H and O–H groups in total. The van der Waals surface area contributed by atoms with Crippen LogP contribution in [-0.4, -0.2) is 46.0 Å². The first-order chi connectivity index (χ1) is 9.13. The monoisotopic (exact) mass is 265 g/mol. The third-order valence-electron chi connectivity index (χ3n) is 3.64. The van der Waals surface area contributed by atoms with Crippen molar-refractivity contribution >= 4 is 5.82 Å². The van der Waals surface area contributed by atoms with Crippen LogP contribution >= 0.6 is 0 Å². The normalized spacial score (nSPS) is 23.7. The zero-order chi connectivity index (χ0) is 13.8. The van der Waals surface area contributed by atoms with Gasteiger partial charge < -0.3 is 15.1 Å². The van der Waals surface area contributed by atoms with Crippen LogP contribution in [0.2, 0.25) is 0 Å². The average Bonchev–Trinajstić information content (AvgIpc) is 2.38. The molecule has 0 unspecified atom stereocenters. The minimum absolute atomic E-state index is 0.00528. The molecule has 1 aliphatic heterocycles. The fourth-order valence-corrected chi connectivity index (χ4v) is 2.51. The van der Waals surface area contributed by atoms with Crippen LogP contribution in [0.3, 0.4) is 0 Å². The van der Waals surface area contributed by atoms with E-state index in [1.807, 2.05) is 13.0 Å². The zero-order valence-corrected chi connectivity index (χ0v) is 11.7. The van der Waals surface area contributed by atoms with Gasteiger partial charge in [0, 0.05) is 43.8 Å². The van der Waals surface area contributed by atoms with E-state index >= 15 is 0 Å². The maximum atomic E-state index is 10.00. The van der Waals surface area contributed by atoms with Crippen LogP contribution in [0.5, 0.6) is 0 Å². The quantitative estimate of drug-likeness (QED) is 0.847. The Hall–Kier alpha value is -1.20. The molecule has 2 atom stereocenters. The van der Waals surface area contributed by atoms with Gasteiger partial charge in [-0.05, 0) is 19.8 Å². The van der Waals surface area contributed by atoms with Crippen molar-refractivity contribution in [1.82, 2.24) is 9.97 Å². The number of hydrogen-bond donors (Lipinski definition) is 2. The number of β-amino-alcohol motifs (C(OH)–C–C–N with tert-alkyl or cyclic N) is 1. The van der Waals surface area contributed by atoms with Gasteiger partial charge in [0.2, 0.25) is 0 Å². The Bertz CT molecular complexity index is 425. The van der Waals surface area contributed by atoms with Crippen molar-refractivity contribution in [2.24, 2.45) is 5.92 Å². The number of aliphatic hydroxyl groups excluding tert-OH is 2. The lowest BCUT2D eigenvalue weighted by atomic mass is 9.95. The van der Waals surface area contributed by atoms with Crippen molar-refractivity contribution in [2.45, 2.75) is 39.2 Å². The molecule has 1 aliphatic rings. The summed E-state index contributed by atoms with van der Waals surface area (Å²) in [5, 5.41) is 19.2. The highest BCUT2D eigenvalue weighted by atomic mass is 16.3. The van der Waals surface area contributed by atoms with E-state index in [1.165, 1.54) is 0 Å². The number of aromatic nitrogens is 2. The third kappa shape index (κ3) is 3.42. The summed E-state index contributed by atoms with van der Waals surface area (Å²) >= 11 is 0. The van der Waals surface area contributed by atoms with Gasteiger partial charge in [0.15, 0.2) is 0 Å². The molecule has 5 heteroatoms. The second-order valence-electron chi connectivity index (χ2n) is 5.28. The highest BCUT2D eigenvalue weighted by Gasteiger charge is 2.27. The molecule has 2 rings (SSSR count). The average molecular weight is 265 g/mol. The topological polar surface area (TPSA) is 69.5 Å². The lowest BCUT2D eigenvalue weighted by Crippen LogP contribution is -2.45. The van der Waals surface area contributed by atoms with E-state index in [9.17, 15) is 10.2 Å². The smallest absolute Gasteiger partial charge is 0.132 e. The van der Waals surface area contributed by atoms with Crippen LogP contribution in [0.15, 0.2) is 6.07 Å². The van der Waals surface area contributed by atoms with Crippen LogP contribution in [0, 0.1) is 12.8 Å². The van der Waals surface area contributed by atoms with Crippen LogP contribution in [0.4, 0.5) is 5.82 Å². The van der Waals surface area contributed by atoms with E-state index in [0.29, 0.717) is 6.54 Å². The molecule has 0 aromatic carbocycles. The van der Waals surface area contributed by atoms with E-state index in [2.05, 4.69) is 21.8 Å². The number of nitrogens with zero attached hydrogens (tertiary/aromatic N) is 3. The Morgan fingerprint density at radius 3 is 2.84 bits per heavy atom. The first-order valence-electron chi connectivity index (χ1n) is 7.02. The van der Waals surface area contributed by atoms with Gasteiger partial charge in [-0.3, -0.25) is 0 Å². The SMILES string of the molecule is CCCc1nc(C)cc(N2CC[C@@H](CO)[C@@H](O)C2)n1. The fourth-order valence-electron chi connectivity index (χ4n) is 2.51. The van der Waals surface area contributed by atoms with Crippen LogP contribution in [0.25, 0.3) is 0 Å². The molecule has 0 saturated carbocycles. The summed E-state index contributed by atoms with van der Waals surface area (Å²) in [7, 11) is 0. The molecular weight excluding hydrogens is 242 g/mol. The number of rotatable bonds is 4. The van der Waals surface area contributed by atoms with Gasteiger partial charge in [-0.2, -0.15) is 0 Å². The van der Waals surface area contributed by atoms with Crippen molar-refractivity contribution in [3.63, 3.8) is 0 Å². The highest BCUT2D eigenvalue weighted by molar-refractivity contribution is 5.40. The van der Waals surface area contributed by atoms with Crippen LogP contribution < -0.4 is 4.90 Å². The molecule has 2 heterocycles. The summed E-state index contributed by atoms with van der Waals surface area (Å²) in [5.41, 5.74) is 0.965. The van der Waals surface area contributed by atoms with Gasteiger partial charge in [-0.25, -0.2) is 9.97 Å². The standard InChI is InChI=1S/C14H23N3O2/c1-3-4-13-15-10(2)7-14(16-13)17-6-5-11(9-18)12(19)8-17/h7,11-12,18-19H,3-6,8-9H2,1-2H3/t11-,12-/m0/s1. The second-order valence-corrected chi connectivity index (χ2v) is 5.28. The molecule has 0 spiro atoms. The molecule has 106 valence electrons.